The first-order valence-corrected chi connectivity index (χ1v) is 9.72. The van der Waals surface area contributed by atoms with E-state index in [1.165, 1.54) is 11.3 Å². The van der Waals surface area contributed by atoms with Crippen LogP contribution in [-0.2, 0) is 9.59 Å². The molecular formula is C20H13ClN4O3S. The summed E-state index contributed by atoms with van der Waals surface area (Å²) in [5.74, 6) is -1.44. The first-order valence-electron chi connectivity index (χ1n) is 8.46. The van der Waals surface area contributed by atoms with E-state index < -0.39 is 11.8 Å². The van der Waals surface area contributed by atoms with Gasteiger partial charge in [-0.1, -0.05) is 29.8 Å². The molecule has 1 aromatic heterocycles. The zero-order chi connectivity index (χ0) is 20.4. The molecule has 9 heteroatoms. The highest BCUT2D eigenvalue weighted by atomic mass is 35.5. The highest BCUT2D eigenvalue weighted by molar-refractivity contribution is 7.13. The number of anilines is 3. The van der Waals surface area contributed by atoms with Crippen LogP contribution in [0, 0.1) is 0 Å². The quantitative estimate of drug-likeness (QED) is 0.607. The summed E-state index contributed by atoms with van der Waals surface area (Å²) in [6.45, 7) is 0. The number of amides is 3. The summed E-state index contributed by atoms with van der Waals surface area (Å²) in [4.78, 5) is 42.4. The number of nitrogens with zero attached hydrogens (tertiary/aromatic N) is 2. The summed E-state index contributed by atoms with van der Waals surface area (Å²) in [6.07, 6.45) is 1.60. The first-order chi connectivity index (χ1) is 14.0. The molecule has 2 heterocycles. The molecule has 29 heavy (non-hydrogen) atoms. The Bertz CT molecular complexity index is 1110. The lowest BCUT2D eigenvalue weighted by molar-refractivity contribution is -0.120. The Morgan fingerprint density at radius 2 is 1.72 bits per heavy atom. The minimum Gasteiger partial charge on any atom is -0.350 e. The van der Waals surface area contributed by atoms with Gasteiger partial charge in [-0.2, -0.15) is 0 Å². The molecule has 0 unspecified atom stereocenters. The van der Waals surface area contributed by atoms with Crippen molar-refractivity contribution in [1.29, 1.82) is 0 Å². The van der Waals surface area contributed by atoms with Gasteiger partial charge in [0.25, 0.3) is 17.7 Å². The van der Waals surface area contributed by atoms with E-state index in [-0.39, 0.29) is 16.6 Å². The molecule has 3 amide bonds. The number of imide groups is 1. The number of rotatable bonds is 5. The monoisotopic (exact) mass is 424 g/mol. The van der Waals surface area contributed by atoms with E-state index in [2.05, 4.69) is 15.6 Å². The van der Waals surface area contributed by atoms with Gasteiger partial charge in [0.1, 0.15) is 10.7 Å². The zero-order valence-corrected chi connectivity index (χ0v) is 16.3. The molecule has 0 saturated heterocycles. The van der Waals surface area contributed by atoms with Crippen LogP contribution in [0.25, 0.3) is 0 Å². The van der Waals surface area contributed by atoms with Crippen LogP contribution in [0.5, 0.6) is 0 Å². The number of hydrogen-bond donors (Lipinski definition) is 2. The molecule has 3 aromatic rings. The molecule has 1 aliphatic rings. The number of para-hydroxylation sites is 1. The van der Waals surface area contributed by atoms with Crippen LogP contribution in [0.4, 0.5) is 16.5 Å². The van der Waals surface area contributed by atoms with Crippen LogP contribution >= 0.6 is 22.9 Å². The van der Waals surface area contributed by atoms with Gasteiger partial charge in [-0.05, 0) is 36.4 Å². The van der Waals surface area contributed by atoms with Crippen molar-refractivity contribution >= 4 is 57.2 Å². The minimum absolute atomic E-state index is 0.0134. The lowest BCUT2D eigenvalue weighted by atomic mass is 10.2. The molecule has 0 fully saturated rings. The van der Waals surface area contributed by atoms with E-state index in [0.29, 0.717) is 22.1 Å². The highest BCUT2D eigenvalue weighted by Gasteiger charge is 2.38. The average Bonchev–Trinajstić information content (AvgIpc) is 3.32. The van der Waals surface area contributed by atoms with Gasteiger partial charge >= 0.3 is 0 Å². The molecule has 0 saturated carbocycles. The van der Waals surface area contributed by atoms with Gasteiger partial charge in [0, 0.05) is 22.8 Å². The van der Waals surface area contributed by atoms with Crippen LogP contribution in [0.15, 0.2) is 76.9 Å². The fraction of sp³-hybridized carbons (Fsp3) is 0. The molecule has 0 aliphatic carbocycles. The minimum atomic E-state index is -0.593. The fourth-order valence-electron chi connectivity index (χ4n) is 2.73. The Morgan fingerprint density at radius 3 is 2.38 bits per heavy atom. The topological polar surface area (TPSA) is 91.4 Å². The number of carbonyl (C=O) groups is 3. The molecular weight excluding hydrogens is 412 g/mol. The molecule has 2 aromatic carbocycles. The van der Waals surface area contributed by atoms with Gasteiger partial charge in [0.2, 0.25) is 0 Å². The normalized spacial score (nSPS) is 13.8. The van der Waals surface area contributed by atoms with Crippen molar-refractivity contribution in [3.8, 4) is 0 Å². The predicted molar refractivity (Wildman–Crippen MR) is 112 cm³/mol. The second kappa shape index (κ2) is 7.86. The van der Waals surface area contributed by atoms with Gasteiger partial charge in [0.15, 0.2) is 5.13 Å². The molecule has 1 aliphatic heterocycles. The number of thiazole rings is 1. The van der Waals surface area contributed by atoms with E-state index in [1.54, 1.807) is 66.2 Å². The largest absolute Gasteiger partial charge is 0.350 e. The van der Waals surface area contributed by atoms with Crippen molar-refractivity contribution in [2.24, 2.45) is 0 Å². The highest BCUT2D eigenvalue weighted by Crippen LogP contribution is 2.30. The van der Waals surface area contributed by atoms with Gasteiger partial charge in [-0.3, -0.25) is 19.7 Å². The molecule has 0 spiro atoms. The standard InChI is InChI=1S/C20H13ClN4O3S/c21-15-16(19(28)25(18(15)27)14-4-2-1-3-5-14)23-13-8-6-12(7-9-13)17(26)24-20-22-10-11-29-20/h1-11,23H,(H,22,24,26). The Labute approximate surface area is 174 Å². The van der Waals surface area contributed by atoms with Crippen molar-refractivity contribution < 1.29 is 14.4 Å². The molecule has 7 nitrogen and oxygen atoms in total. The van der Waals surface area contributed by atoms with Crippen LogP contribution in [0.1, 0.15) is 10.4 Å². The first kappa shape index (κ1) is 18.9. The number of hydrogen-bond acceptors (Lipinski definition) is 6. The lowest BCUT2D eigenvalue weighted by Gasteiger charge is -2.14. The summed E-state index contributed by atoms with van der Waals surface area (Å²) in [7, 11) is 0. The summed E-state index contributed by atoms with van der Waals surface area (Å²) in [5, 5.41) is 7.64. The molecule has 0 bridgehead atoms. The summed E-state index contributed by atoms with van der Waals surface area (Å²) >= 11 is 7.43. The van der Waals surface area contributed by atoms with E-state index in [0.717, 1.165) is 4.90 Å². The third kappa shape index (κ3) is 3.75. The van der Waals surface area contributed by atoms with Crippen molar-refractivity contribution in [2.75, 3.05) is 15.5 Å². The second-order valence-corrected chi connectivity index (χ2v) is 7.24. The van der Waals surface area contributed by atoms with Crippen LogP contribution in [0.2, 0.25) is 0 Å². The Kier molecular flexibility index (Phi) is 5.11. The van der Waals surface area contributed by atoms with Crippen LogP contribution < -0.4 is 15.5 Å². The van der Waals surface area contributed by atoms with Gasteiger partial charge in [-0.25, -0.2) is 9.88 Å². The number of aromatic nitrogens is 1. The molecule has 0 radical (unpaired) electrons. The van der Waals surface area contributed by atoms with Crippen molar-refractivity contribution in [2.45, 2.75) is 0 Å². The Balaban J connectivity index is 1.49. The van der Waals surface area contributed by atoms with Crippen LogP contribution in [0.3, 0.4) is 0 Å². The van der Waals surface area contributed by atoms with Crippen molar-refractivity contribution in [1.82, 2.24) is 4.98 Å². The van der Waals surface area contributed by atoms with Gasteiger partial charge in [0.05, 0.1) is 5.69 Å². The third-order valence-corrected chi connectivity index (χ3v) is 5.15. The SMILES string of the molecule is O=C(Nc1nccs1)c1ccc(NC2=C(Cl)C(=O)N(c3ccccc3)C2=O)cc1. The summed E-state index contributed by atoms with van der Waals surface area (Å²) in [5.41, 5.74) is 1.36. The Morgan fingerprint density at radius 1 is 1.00 bits per heavy atom. The fourth-order valence-corrected chi connectivity index (χ4v) is 3.46. The number of carbonyl (C=O) groups excluding carboxylic acids is 3. The second-order valence-electron chi connectivity index (χ2n) is 5.96. The number of nitrogens with one attached hydrogen (secondary N) is 2. The average molecular weight is 425 g/mol. The molecule has 144 valence electrons. The summed E-state index contributed by atoms with van der Waals surface area (Å²) in [6, 6.07) is 15.0. The maximum Gasteiger partial charge on any atom is 0.283 e. The third-order valence-electron chi connectivity index (χ3n) is 4.11. The molecule has 2 N–H and O–H groups in total. The van der Waals surface area contributed by atoms with Crippen LogP contribution in [-0.4, -0.2) is 22.7 Å². The van der Waals surface area contributed by atoms with Crippen molar-refractivity contribution in [3.63, 3.8) is 0 Å². The lowest BCUT2D eigenvalue weighted by Crippen LogP contribution is -2.32. The van der Waals surface area contributed by atoms with E-state index in [4.69, 9.17) is 11.6 Å². The van der Waals surface area contributed by atoms with Crippen molar-refractivity contribution in [3.05, 3.63) is 82.5 Å². The Hall–Kier alpha value is -3.49. The zero-order valence-electron chi connectivity index (χ0n) is 14.8. The van der Waals surface area contributed by atoms with E-state index in [9.17, 15) is 14.4 Å². The van der Waals surface area contributed by atoms with E-state index in [1.807, 2.05) is 0 Å². The molecule has 0 atom stereocenters. The number of benzene rings is 2. The smallest absolute Gasteiger partial charge is 0.283 e. The summed E-state index contributed by atoms with van der Waals surface area (Å²) < 4.78 is 0. The molecule has 4 rings (SSSR count). The predicted octanol–water partition coefficient (Wildman–Crippen LogP) is 3.83. The van der Waals surface area contributed by atoms with Gasteiger partial charge in [-0.15, -0.1) is 11.3 Å². The maximum absolute atomic E-state index is 12.7. The maximum atomic E-state index is 12.7. The van der Waals surface area contributed by atoms with Gasteiger partial charge < -0.3 is 5.32 Å². The number of halogens is 1. The van der Waals surface area contributed by atoms with E-state index >= 15 is 0 Å².